The summed E-state index contributed by atoms with van der Waals surface area (Å²) in [4.78, 5) is 0.546. The zero-order chi connectivity index (χ0) is 9.97. The van der Waals surface area contributed by atoms with E-state index in [2.05, 4.69) is 0 Å². The van der Waals surface area contributed by atoms with E-state index >= 15 is 0 Å². The van der Waals surface area contributed by atoms with Gasteiger partial charge in [0.05, 0.1) is 6.54 Å². The number of benzene rings is 1. The van der Waals surface area contributed by atoms with Gasteiger partial charge in [0.2, 0.25) is 0 Å². The van der Waals surface area contributed by atoms with E-state index in [1.807, 2.05) is 40.4 Å². The highest BCUT2D eigenvalue weighted by molar-refractivity contribution is 7.06. The van der Waals surface area contributed by atoms with Gasteiger partial charge in [-0.2, -0.15) is 0 Å². The normalized spacial score (nSPS) is 9.67. The number of hydrogen-bond donors (Lipinski definition) is 1. The molecule has 80 valence electrons. The lowest BCUT2D eigenvalue weighted by atomic mass is 10.2. The van der Waals surface area contributed by atoms with Crippen LogP contribution < -0.4 is 4.80 Å². The van der Waals surface area contributed by atoms with E-state index in [1.54, 1.807) is 0 Å². The molecule has 0 unspecified atom stereocenters. The van der Waals surface area contributed by atoms with Gasteiger partial charge in [0, 0.05) is 16.6 Å². The maximum atomic E-state index is 7.61. The van der Waals surface area contributed by atoms with Gasteiger partial charge < -0.3 is 4.57 Å². The second-order valence-electron chi connectivity index (χ2n) is 2.93. The topological polar surface area (TPSA) is 28.8 Å². The molecule has 0 radical (unpaired) electrons. The van der Waals surface area contributed by atoms with Crippen LogP contribution in [-0.2, 0) is 6.54 Å². The van der Waals surface area contributed by atoms with Crippen LogP contribution >= 0.6 is 35.3 Å². The third kappa shape index (κ3) is 2.84. The minimum absolute atomic E-state index is 0. The summed E-state index contributed by atoms with van der Waals surface area (Å²) >= 11 is 7.44. The molecule has 0 amide bonds. The number of halogens is 2. The summed E-state index contributed by atoms with van der Waals surface area (Å²) in [7, 11) is 0. The summed E-state index contributed by atoms with van der Waals surface area (Å²) in [5.41, 5.74) is 1.05. The van der Waals surface area contributed by atoms with Crippen LogP contribution in [0.4, 0.5) is 0 Å². The molecule has 1 aromatic heterocycles. The maximum absolute atomic E-state index is 7.61. The van der Waals surface area contributed by atoms with Gasteiger partial charge in [-0.3, -0.25) is 5.41 Å². The Hall–Kier alpha value is -0.770. The van der Waals surface area contributed by atoms with E-state index in [4.69, 9.17) is 17.0 Å². The Balaban J connectivity index is 0.00000112. The van der Waals surface area contributed by atoms with Crippen molar-refractivity contribution in [2.24, 2.45) is 0 Å². The van der Waals surface area contributed by atoms with Gasteiger partial charge in [0.1, 0.15) is 0 Å². The zero-order valence-electron chi connectivity index (χ0n) is 7.81. The lowest BCUT2D eigenvalue weighted by Gasteiger charge is -2.04. The number of rotatable bonds is 2. The molecule has 15 heavy (non-hydrogen) atoms. The molecule has 2 nitrogen and oxygen atoms in total. The second kappa shape index (κ2) is 5.35. The van der Waals surface area contributed by atoms with E-state index in [0.29, 0.717) is 11.3 Å². The molecule has 0 saturated carbocycles. The van der Waals surface area contributed by atoms with Gasteiger partial charge in [-0.15, -0.1) is 23.7 Å². The van der Waals surface area contributed by atoms with Gasteiger partial charge in [0.25, 0.3) is 0 Å². The van der Waals surface area contributed by atoms with Crippen LogP contribution in [0.25, 0.3) is 0 Å². The largest absolute Gasteiger partial charge is 0.320 e. The van der Waals surface area contributed by atoms with Crippen molar-refractivity contribution in [2.45, 2.75) is 6.54 Å². The molecule has 5 heteroatoms. The molecule has 0 aliphatic rings. The predicted molar refractivity (Wildman–Crippen MR) is 66.0 cm³/mol. The summed E-state index contributed by atoms with van der Waals surface area (Å²) in [5, 5.41) is 10.3. The van der Waals surface area contributed by atoms with Crippen LogP contribution in [0, 0.1) is 5.41 Å². The molecule has 2 aromatic rings. The predicted octanol–water partition coefficient (Wildman–Crippen LogP) is 3.15. The van der Waals surface area contributed by atoms with E-state index in [9.17, 15) is 0 Å². The molecule has 0 aliphatic heterocycles. The maximum Gasteiger partial charge on any atom is 0.182 e. The first-order valence-electron chi connectivity index (χ1n) is 4.19. The Bertz CT molecular complexity index is 490. The first-order valence-corrected chi connectivity index (χ1v) is 5.45. The number of nitrogens with zero attached hydrogens (tertiary/aromatic N) is 1. The molecule has 0 saturated heterocycles. The van der Waals surface area contributed by atoms with E-state index in [1.165, 1.54) is 11.3 Å². The summed E-state index contributed by atoms with van der Waals surface area (Å²) in [5.74, 6) is 0. The van der Waals surface area contributed by atoms with Gasteiger partial charge in [-0.25, -0.2) is 0 Å². The fourth-order valence-corrected chi connectivity index (χ4v) is 2.03. The summed E-state index contributed by atoms with van der Waals surface area (Å²) in [6, 6.07) is 7.71. The minimum atomic E-state index is 0. The minimum Gasteiger partial charge on any atom is -0.320 e. The molecule has 1 heterocycles. The second-order valence-corrected chi connectivity index (χ2v) is 4.23. The third-order valence-corrected chi connectivity index (χ3v) is 3.06. The smallest absolute Gasteiger partial charge is 0.182 e. The Kier molecular flexibility index (Phi) is 4.39. The summed E-state index contributed by atoms with van der Waals surface area (Å²) < 4.78 is 1.87. The van der Waals surface area contributed by atoms with Crippen molar-refractivity contribution < 1.29 is 0 Å². The highest BCUT2D eigenvalue weighted by Crippen LogP contribution is 2.15. The van der Waals surface area contributed by atoms with Gasteiger partial charge in [-0.1, -0.05) is 29.8 Å². The van der Waals surface area contributed by atoms with E-state index < -0.39 is 0 Å². The fourth-order valence-electron chi connectivity index (χ4n) is 1.24. The quantitative estimate of drug-likeness (QED) is 0.860. The monoisotopic (exact) mass is 260 g/mol. The Labute approximate surface area is 103 Å². The SMILES string of the molecule is Cl.N=c1sccn1Cc1ccccc1Cl. The molecule has 0 aliphatic carbocycles. The average Bonchev–Trinajstić information content (AvgIpc) is 2.56. The highest BCUT2D eigenvalue weighted by Gasteiger charge is 2.00. The molecule has 0 spiro atoms. The Morgan fingerprint density at radius 2 is 2.07 bits per heavy atom. The molecule has 1 aromatic carbocycles. The van der Waals surface area contributed by atoms with E-state index in [0.717, 1.165) is 10.6 Å². The van der Waals surface area contributed by atoms with Crippen LogP contribution in [0.1, 0.15) is 5.56 Å². The molecule has 0 fully saturated rings. The molecule has 0 bridgehead atoms. The van der Waals surface area contributed by atoms with Crippen LogP contribution in [0.15, 0.2) is 35.8 Å². The van der Waals surface area contributed by atoms with Crippen molar-refractivity contribution in [3.05, 3.63) is 51.2 Å². The number of aromatic nitrogens is 1. The first kappa shape index (κ1) is 12.3. The highest BCUT2D eigenvalue weighted by atomic mass is 35.5. The number of thiazole rings is 1. The van der Waals surface area contributed by atoms with Crippen molar-refractivity contribution in [3.63, 3.8) is 0 Å². The molecular formula is C10H10Cl2N2S. The number of hydrogen-bond acceptors (Lipinski definition) is 2. The first-order chi connectivity index (χ1) is 6.77. The van der Waals surface area contributed by atoms with Crippen molar-refractivity contribution in [1.82, 2.24) is 4.57 Å². The van der Waals surface area contributed by atoms with Crippen molar-refractivity contribution in [3.8, 4) is 0 Å². The van der Waals surface area contributed by atoms with Crippen LogP contribution in [0.5, 0.6) is 0 Å². The standard InChI is InChI=1S/C10H9ClN2S.ClH/c11-9-4-2-1-3-8(9)7-13-5-6-14-10(13)12;/h1-6,12H,7H2;1H. The van der Waals surface area contributed by atoms with Gasteiger partial charge in [0.15, 0.2) is 4.80 Å². The van der Waals surface area contributed by atoms with Crippen LogP contribution in [0.3, 0.4) is 0 Å². The lowest BCUT2D eigenvalue weighted by molar-refractivity contribution is 0.760. The van der Waals surface area contributed by atoms with Crippen molar-refractivity contribution in [2.75, 3.05) is 0 Å². The summed E-state index contributed by atoms with van der Waals surface area (Å²) in [6.45, 7) is 0.669. The number of nitrogens with one attached hydrogen (secondary N) is 1. The van der Waals surface area contributed by atoms with E-state index in [-0.39, 0.29) is 12.4 Å². The zero-order valence-corrected chi connectivity index (χ0v) is 10.2. The van der Waals surface area contributed by atoms with Gasteiger partial charge >= 0.3 is 0 Å². The fraction of sp³-hybridized carbons (Fsp3) is 0.100. The lowest BCUT2D eigenvalue weighted by Crippen LogP contribution is -2.12. The Morgan fingerprint density at radius 3 is 2.67 bits per heavy atom. The Morgan fingerprint density at radius 1 is 1.33 bits per heavy atom. The van der Waals surface area contributed by atoms with Gasteiger partial charge in [-0.05, 0) is 11.6 Å². The van der Waals surface area contributed by atoms with Crippen molar-refractivity contribution in [1.29, 1.82) is 5.41 Å². The third-order valence-electron chi connectivity index (χ3n) is 1.98. The average molecular weight is 261 g/mol. The molecule has 2 rings (SSSR count). The van der Waals surface area contributed by atoms with Crippen LogP contribution in [-0.4, -0.2) is 4.57 Å². The summed E-state index contributed by atoms with van der Waals surface area (Å²) in [6.07, 6.45) is 1.90. The molecular weight excluding hydrogens is 251 g/mol. The molecule has 1 N–H and O–H groups in total. The van der Waals surface area contributed by atoms with Crippen molar-refractivity contribution >= 4 is 35.3 Å². The molecule has 0 atom stereocenters. The van der Waals surface area contributed by atoms with Crippen LogP contribution in [0.2, 0.25) is 5.02 Å².